The van der Waals surface area contributed by atoms with Crippen LogP contribution in [0.15, 0.2) is 45.8 Å². The number of hydrogen-bond donors (Lipinski definition) is 1. The van der Waals surface area contributed by atoms with Crippen LogP contribution in [0, 0.1) is 5.82 Å². The first-order chi connectivity index (χ1) is 11.7. The Labute approximate surface area is 138 Å². The van der Waals surface area contributed by atoms with Crippen molar-refractivity contribution in [1.82, 2.24) is 15.0 Å². The van der Waals surface area contributed by atoms with Gasteiger partial charge in [0.15, 0.2) is 5.58 Å². The highest BCUT2D eigenvalue weighted by Gasteiger charge is 2.25. The number of halogens is 1. The summed E-state index contributed by atoms with van der Waals surface area (Å²) in [4.78, 5) is 16.3. The number of rotatable bonds is 3. The van der Waals surface area contributed by atoms with Crippen molar-refractivity contribution in [3.8, 4) is 0 Å². The molecule has 124 valence electrons. The molecule has 1 fully saturated rings. The molecule has 0 spiro atoms. The molecule has 4 rings (SSSR count). The van der Waals surface area contributed by atoms with Crippen molar-refractivity contribution in [3.05, 3.63) is 64.0 Å². The quantitative estimate of drug-likeness (QED) is 0.803. The maximum atomic E-state index is 13.3. The van der Waals surface area contributed by atoms with Crippen LogP contribution in [0.3, 0.4) is 0 Å². The van der Waals surface area contributed by atoms with E-state index in [0.29, 0.717) is 11.5 Å². The van der Waals surface area contributed by atoms with E-state index in [1.54, 1.807) is 18.3 Å². The van der Waals surface area contributed by atoms with Crippen LogP contribution in [0.2, 0.25) is 0 Å². The zero-order chi connectivity index (χ0) is 16.5. The van der Waals surface area contributed by atoms with Crippen LogP contribution in [0.5, 0.6) is 0 Å². The predicted octanol–water partition coefficient (Wildman–Crippen LogP) is 3.03. The van der Waals surface area contributed by atoms with Gasteiger partial charge >= 0.3 is 0 Å². The van der Waals surface area contributed by atoms with Gasteiger partial charge in [0.05, 0.1) is 5.69 Å². The number of likely N-dealkylation sites (tertiary alicyclic amines) is 1. The number of aromatic nitrogens is 2. The molecule has 1 N–H and O–H groups in total. The van der Waals surface area contributed by atoms with Gasteiger partial charge in [-0.05, 0) is 49.7 Å². The van der Waals surface area contributed by atoms with E-state index >= 15 is 0 Å². The van der Waals surface area contributed by atoms with E-state index in [-0.39, 0.29) is 11.4 Å². The van der Waals surface area contributed by atoms with Crippen LogP contribution >= 0.6 is 0 Å². The molecule has 1 aliphatic rings. The van der Waals surface area contributed by atoms with Gasteiger partial charge in [0.25, 0.3) is 0 Å². The Morgan fingerprint density at radius 2 is 2.08 bits per heavy atom. The zero-order valence-electron chi connectivity index (χ0n) is 13.2. The van der Waals surface area contributed by atoms with E-state index in [4.69, 9.17) is 4.52 Å². The smallest absolute Gasteiger partial charge is 0.248 e. The summed E-state index contributed by atoms with van der Waals surface area (Å²) < 4.78 is 18.5. The molecule has 1 aromatic carbocycles. The standard InChI is InChI=1S/C18H18FN3O2/c19-14-1-2-15-16(10-14)24-21-18(15)13-4-7-22(8-5-13)11-12-3-6-20-17(23)9-12/h1-3,6,9-10,13H,4-5,7-8,11H2,(H,20,23). The molecule has 0 unspecified atom stereocenters. The molecule has 0 atom stereocenters. The van der Waals surface area contributed by atoms with E-state index in [0.717, 1.165) is 49.1 Å². The third kappa shape index (κ3) is 2.97. The third-order valence-corrected chi connectivity index (χ3v) is 4.68. The zero-order valence-corrected chi connectivity index (χ0v) is 13.2. The lowest BCUT2D eigenvalue weighted by Crippen LogP contribution is -2.32. The Kier molecular flexibility index (Phi) is 3.90. The summed E-state index contributed by atoms with van der Waals surface area (Å²) in [5.41, 5.74) is 2.40. The number of piperidine rings is 1. The lowest BCUT2D eigenvalue weighted by Gasteiger charge is -2.31. The van der Waals surface area contributed by atoms with Crippen LogP contribution in [0.25, 0.3) is 11.0 Å². The summed E-state index contributed by atoms with van der Waals surface area (Å²) >= 11 is 0. The molecule has 3 heterocycles. The highest BCUT2D eigenvalue weighted by Crippen LogP contribution is 2.33. The molecule has 0 bridgehead atoms. The van der Waals surface area contributed by atoms with Crippen molar-refractivity contribution < 1.29 is 8.91 Å². The average Bonchev–Trinajstić information content (AvgIpc) is 2.98. The molecule has 0 aliphatic carbocycles. The lowest BCUT2D eigenvalue weighted by atomic mass is 9.91. The van der Waals surface area contributed by atoms with Crippen LogP contribution in [-0.4, -0.2) is 28.1 Å². The van der Waals surface area contributed by atoms with Gasteiger partial charge in [0, 0.05) is 36.2 Å². The normalized spacial score (nSPS) is 16.7. The lowest BCUT2D eigenvalue weighted by molar-refractivity contribution is 0.201. The topological polar surface area (TPSA) is 62.1 Å². The van der Waals surface area contributed by atoms with E-state index in [9.17, 15) is 9.18 Å². The van der Waals surface area contributed by atoms with E-state index in [2.05, 4.69) is 15.0 Å². The average molecular weight is 327 g/mol. The van der Waals surface area contributed by atoms with Gasteiger partial charge in [-0.3, -0.25) is 9.69 Å². The molecule has 0 amide bonds. The number of aromatic amines is 1. The largest absolute Gasteiger partial charge is 0.356 e. The molecular weight excluding hydrogens is 309 g/mol. The summed E-state index contributed by atoms with van der Waals surface area (Å²) in [5, 5.41) is 5.08. The molecule has 3 aromatic rings. The van der Waals surface area contributed by atoms with Crippen LogP contribution in [0.1, 0.15) is 30.0 Å². The van der Waals surface area contributed by atoms with Gasteiger partial charge in [-0.25, -0.2) is 4.39 Å². The van der Waals surface area contributed by atoms with E-state index in [1.807, 2.05) is 6.07 Å². The molecule has 0 radical (unpaired) electrons. The number of nitrogens with one attached hydrogen (secondary N) is 1. The molecule has 6 heteroatoms. The minimum absolute atomic E-state index is 0.0660. The molecule has 1 saturated heterocycles. The van der Waals surface area contributed by atoms with Crippen LogP contribution in [0.4, 0.5) is 4.39 Å². The maximum absolute atomic E-state index is 13.3. The molecule has 24 heavy (non-hydrogen) atoms. The first kappa shape index (κ1) is 15.1. The van der Waals surface area contributed by atoms with Crippen LogP contribution in [-0.2, 0) is 6.54 Å². The molecule has 1 aliphatic heterocycles. The summed E-state index contributed by atoms with van der Waals surface area (Å²) in [6, 6.07) is 8.16. The Balaban J connectivity index is 1.44. The number of H-pyrrole nitrogens is 1. The van der Waals surface area contributed by atoms with Gasteiger partial charge in [-0.1, -0.05) is 5.16 Å². The summed E-state index contributed by atoms with van der Waals surface area (Å²) in [6.07, 6.45) is 3.63. The fraction of sp³-hybridized carbons (Fsp3) is 0.333. The second-order valence-corrected chi connectivity index (χ2v) is 6.32. The van der Waals surface area contributed by atoms with Crippen molar-refractivity contribution in [3.63, 3.8) is 0 Å². The minimum atomic E-state index is -0.308. The monoisotopic (exact) mass is 327 g/mol. The fourth-order valence-electron chi connectivity index (χ4n) is 3.44. The van der Waals surface area contributed by atoms with Gasteiger partial charge in [0.2, 0.25) is 5.56 Å². The van der Waals surface area contributed by atoms with Gasteiger partial charge in [-0.15, -0.1) is 0 Å². The second-order valence-electron chi connectivity index (χ2n) is 6.32. The van der Waals surface area contributed by atoms with Crippen molar-refractivity contribution in [2.45, 2.75) is 25.3 Å². The molecular formula is C18H18FN3O2. The van der Waals surface area contributed by atoms with Gasteiger partial charge in [-0.2, -0.15) is 0 Å². The summed E-state index contributed by atoms with van der Waals surface area (Å²) in [6.45, 7) is 2.65. The Morgan fingerprint density at radius 3 is 2.88 bits per heavy atom. The SMILES string of the molecule is O=c1cc(CN2CCC(c3noc4cc(F)ccc34)CC2)cc[nH]1. The van der Waals surface area contributed by atoms with Crippen molar-refractivity contribution >= 4 is 11.0 Å². The number of pyridine rings is 1. The van der Waals surface area contributed by atoms with Crippen molar-refractivity contribution in [2.24, 2.45) is 0 Å². The minimum Gasteiger partial charge on any atom is -0.356 e. The second kappa shape index (κ2) is 6.20. The van der Waals surface area contributed by atoms with Crippen molar-refractivity contribution in [1.29, 1.82) is 0 Å². The third-order valence-electron chi connectivity index (χ3n) is 4.68. The Bertz CT molecular complexity index is 910. The van der Waals surface area contributed by atoms with Crippen LogP contribution < -0.4 is 5.56 Å². The highest BCUT2D eigenvalue weighted by atomic mass is 19.1. The molecule has 5 nitrogen and oxygen atoms in total. The summed E-state index contributed by atoms with van der Waals surface area (Å²) in [7, 11) is 0. The van der Waals surface area contributed by atoms with Gasteiger partial charge < -0.3 is 9.51 Å². The molecule has 2 aromatic heterocycles. The first-order valence-corrected chi connectivity index (χ1v) is 8.14. The van der Waals surface area contributed by atoms with Crippen molar-refractivity contribution in [2.75, 3.05) is 13.1 Å². The predicted molar refractivity (Wildman–Crippen MR) is 88.3 cm³/mol. The number of nitrogens with zero attached hydrogens (tertiary/aromatic N) is 2. The first-order valence-electron chi connectivity index (χ1n) is 8.14. The van der Waals surface area contributed by atoms with E-state index < -0.39 is 0 Å². The number of hydrogen-bond acceptors (Lipinski definition) is 4. The Morgan fingerprint density at radius 1 is 1.25 bits per heavy atom. The number of fused-ring (bicyclic) bond motifs is 1. The highest BCUT2D eigenvalue weighted by molar-refractivity contribution is 5.79. The van der Waals surface area contributed by atoms with Gasteiger partial charge in [0.1, 0.15) is 5.82 Å². The van der Waals surface area contributed by atoms with E-state index in [1.165, 1.54) is 12.1 Å². The Hall–Kier alpha value is -2.47. The summed E-state index contributed by atoms with van der Waals surface area (Å²) in [5.74, 6) is 0.0185. The fourth-order valence-corrected chi connectivity index (χ4v) is 3.44. The maximum Gasteiger partial charge on any atom is 0.248 e. The molecule has 0 saturated carbocycles. The number of benzene rings is 1.